The van der Waals surface area contributed by atoms with Crippen LogP contribution >= 0.6 is 0 Å². The Kier molecular flexibility index (Phi) is 8.37. The molecule has 1 aliphatic heterocycles. The average molecular weight is 428 g/mol. The van der Waals surface area contributed by atoms with Crippen molar-refractivity contribution in [2.24, 2.45) is 5.92 Å². The molecular weight excluding hydrogens is 402 g/mol. The van der Waals surface area contributed by atoms with E-state index < -0.39 is 12.5 Å². The lowest BCUT2D eigenvalue weighted by Crippen LogP contribution is -2.45. The van der Waals surface area contributed by atoms with Gasteiger partial charge < -0.3 is 24.0 Å². The van der Waals surface area contributed by atoms with Crippen molar-refractivity contribution in [2.75, 3.05) is 40.4 Å². The molecule has 1 saturated heterocycles. The van der Waals surface area contributed by atoms with Gasteiger partial charge in [-0.2, -0.15) is 8.78 Å². The van der Waals surface area contributed by atoms with Crippen LogP contribution in [-0.4, -0.2) is 74.6 Å². The normalized spacial score (nSPS) is 14.4. The molecule has 2 rings (SSSR count). The molecule has 0 radical (unpaired) electrons. The minimum Gasteiger partial charge on any atom is -0.493 e. The predicted octanol–water partition coefficient (Wildman–Crippen LogP) is 2.17. The van der Waals surface area contributed by atoms with Crippen LogP contribution in [0.5, 0.6) is 11.5 Å². The Morgan fingerprint density at radius 2 is 1.87 bits per heavy atom. The molecule has 2 amide bonds. The van der Waals surface area contributed by atoms with Gasteiger partial charge in [-0.05, 0) is 38.0 Å². The summed E-state index contributed by atoms with van der Waals surface area (Å²) in [6, 6.07) is 3.83. The van der Waals surface area contributed by atoms with Crippen LogP contribution in [0.1, 0.15) is 30.1 Å². The number of piperidine rings is 1. The fourth-order valence-electron chi connectivity index (χ4n) is 3.21. The topological polar surface area (TPSA) is 85.4 Å². The van der Waals surface area contributed by atoms with E-state index in [0.717, 1.165) is 0 Å². The lowest BCUT2D eigenvalue weighted by Gasteiger charge is -2.32. The number of carbonyl (C=O) groups excluding carboxylic acids is 3. The van der Waals surface area contributed by atoms with Crippen molar-refractivity contribution in [3.8, 4) is 11.5 Å². The summed E-state index contributed by atoms with van der Waals surface area (Å²) in [4.78, 5) is 39.8. The van der Waals surface area contributed by atoms with Crippen LogP contribution in [0, 0.1) is 5.92 Å². The number of hydrogen-bond acceptors (Lipinski definition) is 6. The summed E-state index contributed by atoms with van der Waals surface area (Å²) in [5, 5.41) is 0. The lowest BCUT2D eigenvalue weighted by molar-refractivity contribution is -0.151. The van der Waals surface area contributed by atoms with Crippen LogP contribution in [-0.2, 0) is 14.3 Å². The number of alkyl halides is 2. The molecular formula is C20H26F2N2O6. The molecule has 1 fully saturated rings. The molecule has 0 spiro atoms. The number of esters is 1. The van der Waals surface area contributed by atoms with Crippen molar-refractivity contribution in [1.29, 1.82) is 0 Å². The lowest BCUT2D eigenvalue weighted by atomic mass is 9.97. The summed E-state index contributed by atoms with van der Waals surface area (Å²) in [5.74, 6) is -1.36. The van der Waals surface area contributed by atoms with Gasteiger partial charge in [-0.1, -0.05) is 0 Å². The van der Waals surface area contributed by atoms with Crippen LogP contribution in [0.3, 0.4) is 0 Å². The van der Waals surface area contributed by atoms with Crippen molar-refractivity contribution < 1.29 is 37.4 Å². The molecule has 0 bridgehead atoms. The summed E-state index contributed by atoms with van der Waals surface area (Å²) in [6.45, 7) is -0.270. The first-order chi connectivity index (χ1) is 14.3. The number of benzene rings is 1. The van der Waals surface area contributed by atoms with Crippen molar-refractivity contribution in [1.82, 2.24) is 9.80 Å². The van der Waals surface area contributed by atoms with E-state index in [0.29, 0.717) is 32.5 Å². The average Bonchev–Trinajstić information content (AvgIpc) is 2.73. The van der Waals surface area contributed by atoms with E-state index in [-0.39, 0.29) is 41.4 Å². The van der Waals surface area contributed by atoms with E-state index in [2.05, 4.69) is 4.74 Å². The van der Waals surface area contributed by atoms with Crippen LogP contribution in [0.2, 0.25) is 0 Å². The molecule has 0 saturated carbocycles. The number of nitrogens with zero attached hydrogens (tertiary/aromatic N) is 2. The second kappa shape index (κ2) is 10.7. The molecule has 10 heteroatoms. The number of likely N-dealkylation sites (tertiary alicyclic amines) is 1. The Hall–Kier alpha value is -2.91. The Balaban J connectivity index is 1.94. The second-order valence-corrected chi connectivity index (χ2v) is 6.81. The smallest absolute Gasteiger partial charge is 0.387 e. The number of carbonyl (C=O) groups is 3. The second-order valence-electron chi connectivity index (χ2n) is 6.81. The summed E-state index contributed by atoms with van der Waals surface area (Å²) >= 11 is 0. The molecule has 1 aromatic carbocycles. The molecule has 0 unspecified atom stereocenters. The summed E-state index contributed by atoms with van der Waals surface area (Å²) < 4.78 is 39.2. The van der Waals surface area contributed by atoms with Crippen LogP contribution in [0.4, 0.5) is 8.78 Å². The number of ether oxygens (including phenoxy) is 3. The molecule has 0 atom stereocenters. The molecule has 1 aromatic rings. The highest BCUT2D eigenvalue weighted by molar-refractivity contribution is 5.97. The van der Waals surface area contributed by atoms with Crippen LogP contribution in [0.15, 0.2) is 18.2 Å². The third-order valence-corrected chi connectivity index (χ3v) is 4.81. The highest BCUT2D eigenvalue weighted by Gasteiger charge is 2.29. The first-order valence-corrected chi connectivity index (χ1v) is 9.59. The fraction of sp³-hybridized carbons (Fsp3) is 0.550. The molecule has 1 heterocycles. The molecule has 8 nitrogen and oxygen atoms in total. The minimum absolute atomic E-state index is 0.0121. The standard InChI is InChI=1S/C20H26F2N2O6/c1-4-29-19(27)13-7-9-24(10-8-13)17(25)12-23(2)18(26)14-5-6-15(30-20(21)22)16(11-14)28-3/h5-6,11,13,20H,4,7-10,12H2,1-3H3. The van der Waals surface area contributed by atoms with Crippen molar-refractivity contribution in [3.05, 3.63) is 23.8 Å². The number of amides is 2. The van der Waals surface area contributed by atoms with E-state index in [1.54, 1.807) is 11.8 Å². The van der Waals surface area contributed by atoms with Crippen molar-refractivity contribution in [2.45, 2.75) is 26.4 Å². The van der Waals surface area contributed by atoms with E-state index in [1.165, 1.54) is 37.3 Å². The maximum Gasteiger partial charge on any atom is 0.387 e. The minimum atomic E-state index is -3.02. The molecule has 0 aliphatic carbocycles. The van der Waals surface area contributed by atoms with Gasteiger partial charge in [0.1, 0.15) is 0 Å². The molecule has 0 N–H and O–H groups in total. The first-order valence-electron chi connectivity index (χ1n) is 9.59. The number of halogens is 2. The third kappa shape index (κ3) is 6.04. The van der Waals surface area contributed by atoms with Crippen molar-refractivity contribution in [3.63, 3.8) is 0 Å². The van der Waals surface area contributed by atoms with Gasteiger partial charge in [0.25, 0.3) is 5.91 Å². The monoisotopic (exact) mass is 428 g/mol. The highest BCUT2D eigenvalue weighted by atomic mass is 19.3. The maximum absolute atomic E-state index is 12.6. The Bertz CT molecular complexity index is 766. The third-order valence-electron chi connectivity index (χ3n) is 4.81. The van der Waals surface area contributed by atoms with Gasteiger partial charge in [0.15, 0.2) is 11.5 Å². The Morgan fingerprint density at radius 3 is 2.43 bits per heavy atom. The zero-order valence-electron chi connectivity index (χ0n) is 17.2. The SMILES string of the molecule is CCOC(=O)C1CCN(C(=O)CN(C)C(=O)c2ccc(OC(F)F)c(OC)c2)CC1. The van der Waals surface area contributed by atoms with Crippen LogP contribution in [0.25, 0.3) is 0 Å². The van der Waals surface area contributed by atoms with E-state index in [1.807, 2.05) is 0 Å². The largest absolute Gasteiger partial charge is 0.493 e. The molecule has 0 aromatic heterocycles. The summed E-state index contributed by atoms with van der Waals surface area (Å²) in [5.41, 5.74) is 0.171. The van der Waals surface area contributed by atoms with Gasteiger partial charge in [0, 0.05) is 25.7 Å². The van der Waals surface area contributed by atoms with Gasteiger partial charge in [0.05, 0.1) is 26.2 Å². The maximum atomic E-state index is 12.6. The quantitative estimate of drug-likeness (QED) is 0.590. The molecule has 30 heavy (non-hydrogen) atoms. The summed E-state index contributed by atoms with van der Waals surface area (Å²) in [6.07, 6.45) is 1.04. The zero-order chi connectivity index (χ0) is 22.3. The van der Waals surface area contributed by atoms with Gasteiger partial charge in [-0.3, -0.25) is 14.4 Å². The fourth-order valence-corrected chi connectivity index (χ4v) is 3.21. The zero-order valence-corrected chi connectivity index (χ0v) is 17.2. The Labute approximate surface area is 173 Å². The number of hydrogen-bond donors (Lipinski definition) is 0. The van der Waals surface area contributed by atoms with E-state index >= 15 is 0 Å². The summed E-state index contributed by atoms with van der Waals surface area (Å²) in [7, 11) is 2.75. The van der Waals surface area contributed by atoms with Crippen molar-refractivity contribution >= 4 is 17.8 Å². The first kappa shape index (κ1) is 23.4. The van der Waals surface area contributed by atoms with Gasteiger partial charge in [0.2, 0.25) is 5.91 Å². The van der Waals surface area contributed by atoms with Gasteiger partial charge in [-0.15, -0.1) is 0 Å². The molecule has 1 aliphatic rings. The number of rotatable bonds is 8. The van der Waals surface area contributed by atoms with E-state index in [4.69, 9.17) is 9.47 Å². The number of methoxy groups -OCH3 is 1. The van der Waals surface area contributed by atoms with Gasteiger partial charge in [-0.25, -0.2) is 0 Å². The number of likely N-dealkylation sites (N-methyl/N-ethyl adjacent to an activating group) is 1. The highest BCUT2D eigenvalue weighted by Crippen LogP contribution is 2.30. The van der Waals surface area contributed by atoms with Gasteiger partial charge >= 0.3 is 12.6 Å². The predicted molar refractivity (Wildman–Crippen MR) is 103 cm³/mol. The molecule has 166 valence electrons. The van der Waals surface area contributed by atoms with Crippen LogP contribution < -0.4 is 9.47 Å². The Morgan fingerprint density at radius 1 is 1.20 bits per heavy atom. The van der Waals surface area contributed by atoms with E-state index in [9.17, 15) is 23.2 Å².